The van der Waals surface area contributed by atoms with Crippen molar-refractivity contribution in [2.24, 2.45) is 0 Å². The minimum atomic E-state index is -1.15. The van der Waals surface area contributed by atoms with Gasteiger partial charge in [-0.1, -0.05) is 35.3 Å². The van der Waals surface area contributed by atoms with Gasteiger partial charge in [0.25, 0.3) is 5.91 Å². The summed E-state index contributed by atoms with van der Waals surface area (Å²) in [4.78, 5) is 12.2. The maximum absolute atomic E-state index is 13.3. The number of halogens is 4. The second-order valence-electron chi connectivity index (χ2n) is 5.25. The zero-order chi connectivity index (χ0) is 18.0. The number of hydrogen-bond donors (Lipinski definition) is 1. The molecule has 0 radical (unpaired) electrons. The summed E-state index contributed by atoms with van der Waals surface area (Å²) in [5, 5.41) is 7.14. The molecular weight excluding hydrogens is 371 g/mol. The average molecular weight is 382 g/mol. The third-order valence-electron chi connectivity index (χ3n) is 3.40. The summed E-state index contributed by atoms with van der Waals surface area (Å²) in [5.41, 5.74) is 1.22. The van der Waals surface area contributed by atoms with Crippen LogP contribution in [0, 0.1) is 11.6 Å². The van der Waals surface area contributed by atoms with Gasteiger partial charge in [-0.3, -0.25) is 9.48 Å². The van der Waals surface area contributed by atoms with Gasteiger partial charge < -0.3 is 5.32 Å². The first-order chi connectivity index (χ1) is 11.9. The van der Waals surface area contributed by atoms with Crippen LogP contribution >= 0.6 is 23.2 Å². The van der Waals surface area contributed by atoms with E-state index in [1.807, 2.05) is 12.1 Å². The molecule has 1 heterocycles. The topological polar surface area (TPSA) is 46.9 Å². The van der Waals surface area contributed by atoms with Gasteiger partial charge in [-0.25, -0.2) is 8.78 Å². The molecule has 4 nitrogen and oxygen atoms in total. The summed E-state index contributed by atoms with van der Waals surface area (Å²) in [6.45, 7) is 0.485. The third kappa shape index (κ3) is 4.15. The Morgan fingerprint density at radius 3 is 2.52 bits per heavy atom. The van der Waals surface area contributed by atoms with Gasteiger partial charge in [0.2, 0.25) is 0 Å². The molecule has 0 bridgehead atoms. The first-order valence-electron chi connectivity index (χ1n) is 7.15. The molecule has 1 aromatic heterocycles. The van der Waals surface area contributed by atoms with Crippen LogP contribution in [-0.4, -0.2) is 15.7 Å². The van der Waals surface area contributed by atoms with Crippen molar-refractivity contribution in [3.05, 3.63) is 81.6 Å². The lowest BCUT2D eigenvalue weighted by molar-refractivity contribution is 0.102. The molecule has 0 unspecified atom stereocenters. The average Bonchev–Trinajstić information content (AvgIpc) is 3.00. The molecule has 3 rings (SSSR count). The molecule has 0 fully saturated rings. The van der Waals surface area contributed by atoms with E-state index < -0.39 is 17.5 Å². The SMILES string of the molecule is O=C(Nc1cnn(Cc2ccc(Cl)cc2)c1)c1cc(F)c(F)cc1Cl. The van der Waals surface area contributed by atoms with E-state index in [0.717, 1.165) is 17.7 Å². The van der Waals surface area contributed by atoms with Gasteiger partial charge in [0.15, 0.2) is 11.6 Å². The quantitative estimate of drug-likeness (QED) is 0.661. The summed E-state index contributed by atoms with van der Waals surface area (Å²) in [5.74, 6) is -2.92. The fourth-order valence-corrected chi connectivity index (χ4v) is 2.55. The molecule has 8 heteroatoms. The molecule has 128 valence electrons. The van der Waals surface area contributed by atoms with E-state index in [1.165, 1.54) is 6.20 Å². The van der Waals surface area contributed by atoms with Crippen molar-refractivity contribution < 1.29 is 13.6 Å². The molecule has 0 aliphatic rings. The number of hydrogen-bond acceptors (Lipinski definition) is 2. The highest BCUT2D eigenvalue weighted by atomic mass is 35.5. The summed E-state index contributed by atoms with van der Waals surface area (Å²) < 4.78 is 28.0. The number of anilines is 1. The van der Waals surface area contributed by atoms with Crippen LogP contribution < -0.4 is 5.32 Å². The van der Waals surface area contributed by atoms with Crippen LogP contribution in [-0.2, 0) is 6.54 Å². The van der Waals surface area contributed by atoms with Gasteiger partial charge in [0.05, 0.1) is 29.0 Å². The molecule has 0 aliphatic carbocycles. The van der Waals surface area contributed by atoms with Crippen LogP contribution in [0.25, 0.3) is 0 Å². The predicted octanol–water partition coefficient (Wildman–Crippen LogP) is 4.77. The van der Waals surface area contributed by atoms with Gasteiger partial charge in [0.1, 0.15) is 0 Å². The molecule has 0 aliphatic heterocycles. The number of rotatable bonds is 4. The van der Waals surface area contributed by atoms with E-state index in [0.29, 0.717) is 17.3 Å². The van der Waals surface area contributed by atoms with Gasteiger partial charge in [-0.2, -0.15) is 5.10 Å². The van der Waals surface area contributed by atoms with E-state index in [1.54, 1.807) is 23.0 Å². The van der Waals surface area contributed by atoms with Crippen LogP contribution in [0.5, 0.6) is 0 Å². The zero-order valence-corrected chi connectivity index (χ0v) is 14.2. The molecule has 1 amide bonds. The molecule has 25 heavy (non-hydrogen) atoms. The Hall–Kier alpha value is -2.44. The minimum absolute atomic E-state index is 0.161. The monoisotopic (exact) mass is 381 g/mol. The third-order valence-corrected chi connectivity index (χ3v) is 3.97. The van der Waals surface area contributed by atoms with E-state index >= 15 is 0 Å². The number of aromatic nitrogens is 2. The Labute approximate surface area is 152 Å². The summed E-state index contributed by atoms with van der Waals surface area (Å²) in [6.07, 6.45) is 3.06. The molecule has 0 saturated heterocycles. The molecular formula is C17H11Cl2F2N3O. The van der Waals surface area contributed by atoms with Gasteiger partial charge in [-0.05, 0) is 29.8 Å². The summed E-state index contributed by atoms with van der Waals surface area (Å²) >= 11 is 11.6. The van der Waals surface area contributed by atoms with Crippen molar-refractivity contribution in [2.45, 2.75) is 6.54 Å². The van der Waals surface area contributed by atoms with Crippen molar-refractivity contribution in [3.63, 3.8) is 0 Å². The Bertz CT molecular complexity index is 926. The summed E-state index contributed by atoms with van der Waals surface area (Å²) in [6, 6.07) is 8.79. The van der Waals surface area contributed by atoms with E-state index in [2.05, 4.69) is 10.4 Å². The smallest absolute Gasteiger partial charge is 0.257 e. The molecule has 0 spiro atoms. The van der Waals surface area contributed by atoms with E-state index in [-0.39, 0.29) is 10.6 Å². The normalized spacial score (nSPS) is 10.7. The molecule has 3 aromatic rings. The van der Waals surface area contributed by atoms with Crippen LogP contribution in [0.15, 0.2) is 48.8 Å². The molecule has 1 N–H and O–H groups in total. The molecule has 2 aromatic carbocycles. The number of nitrogens with zero attached hydrogens (tertiary/aromatic N) is 2. The van der Waals surface area contributed by atoms with Gasteiger partial charge >= 0.3 is 0 Å². The standard InChI is InChI=1S/C17H11Cl2F2N3O/c18-11-3-1-10(2-4-11)8-24-9-12(7-22-24)23-17(25)13-5-15(20)16(21)6-14(13)19/h1-7,9H,8H2,(H,23,25). The van der Waals surface area contributed by atoms with Crippen LogP contribution in [0.2, 0.25) is 10.0 Å². The Morgan fingerprint density at radius 1 is 1.12 bits per heavy atom. The maximum Gasteiger partial charge on any atom is 0.257 e. The maximum atomic E-state index is 13.3. The van der Waals surface area contributed by atoms with Crippen molar-refractivity contribution in [3.8, 4) is 0 Å². The first kappa shape index (κ1) is 17.4. The predicted molar refractivity (Wildman–Crippen MR) is 92.1 cm³/mol. The lowest BCUT2D eigenvalue weighted by Gasteiger charge is -2.05. The van der Waals surface area contributed by atoms with E-state index in [9.17, 15) is 13.6 Å². The van der Waals surface area contributed by atoms with Gasteiger partial charge in [0, 0.05) is 11.2 Å². The Kier molecular flexibility index (Phi) is 5.01. The minimum Gasteiger partial charge on any atom is -0.319 e. The zero-order valence-electron chi connectivity index (χ0n) is 12.6. The van der Waals surface area contributed by atoms with Crippen molar-refractivity contribution in [1.82, 2.24) is 9.78 Å². The van der Waals surface area contributed by atoms with Crippen LogP contribution in [0.3, 0.4) is 0 Å². The first-order valence-corrected chi connectivity index (χ1v) is 7.91. The van der Waals surface area contributed by atoms with E-state index in [4.69, 9.17) is 23.2 Å². The van der Waals surface area contributed by atoms with Crippen LogP contribution in [0.4, 0.5) is 14.5 Å². The number of carbonyl (C=O) groups excluding carboxylic acids is 1. The molecule has 0 saturated carbocycles. The van der Waals surface area contributed by atoms with Crippen molar-refractivity contribution in [1.29, 1.82) is 0 Å². The van der Waals surface area contributed by atoms with Crippen LogP contribution in [0.1, 0.15) is 15.9 Å². The summed E-state index contributed by atoms with van der Waals surface area (Å²) in [7, 11) is 0. The molecule has 0 atom stereocenters. The van der Waals surface area contributed by atoms with Crippen molar-refractivity contribution >= 4 is 34.8 Å². The second-order valence-corrected chi connectivity index (χ2v) is 6.10. The fraction of sp³-hybridized carbons (Fsp3) is 0.0588. The highest BCUT2D eigenvalue weighted by Crippen LogP contribution is 2.21. The number of nitrogens with one attached hydrogen (secondary N) is 1. The Morgan fingerprint density at radius 2 is 1.80 bits per heavy atom. The number of amides is 1. The fourth-order valence-electron chi connectivity index (χ4n) is 2.19. The second kappa shape index (κ2) is 7.21. The lowest BCUT2D eigenvalue weighted by Crippen LogP contribution is -2.13. The van der Waals surface area contributed by atoms with Gasteiger partial charge in [-0.15, -0.1) is 0 Å². The number of carbonyl (C=O) groups is 1. The van der Waals surface area contributed by atoms with Crippen molar-refractivity contribution in [2.75, 3.05) is 5.32 Å². The largest absolute Gasteiger partial charge is 0.319 e. The highest BCUT2D eigenvalue weighted by molar-refractivity contribution is 6.34. The Balaban J connectivity index is 1.71. The number of benzene rings is 2. The lowest BCUT2D eigenvalue weighted by atomic mass is 10.2. The highest BCUT2D eigenvalue weighted by Gasteiger charge is 2.15.